The van der Waals surface area contributed by atoms with Crippen LogP contribution in [0.15, 0.2) is 0 Å². The molecule has 3 heteroatoms. The number of unbranched alkanes of at least 4 members (excludes halogenated alkanes) is 16. The summed E-state index contributed by atoms with van der Waals surface area (Å²) >= 11 is 0. The Balaban J connectivity index is 0.852. The third kappa shape index (κ3) is 9.97. The van der Waals surface area contributed by atoms with Crippen molar-refractivity contribution < 1.29 is 14.6 Å². The van der Waals surface area contributed by atoms with Crippen molar-refractivity contribution in [2.75, 3.05) is 26.4 Å². The molecule has 4 saturated carbocycles. The summed E-state index contributed by atoms with van der Waals surface area (Å²) in [4.78, 5) is 0. The average Bonchev–Trinajstić information content (AvgIpc) is 2.96. The molecular formula is C37H68O3. The molecule has 0 heterocycles. The van der Waals surface area contributed by atoms with Crippen molar-refractivity contribution in [2.24, 2.45) is 41.4 Å². The first-order chi connectivity index (χ1) is 19.8. The summed E-state index contributed by atoms with van der Waals surface area (Å²) in [5, 5.41) is 9.62. The highest BCUT2D eigenvalue weighted by Crippen LogP contribution is 2.74. The van der Waals surface area contributed by atoms with Crippen molar-refractivity contribution in [3.8, 4) is 0 Å². The van der Waals surface area contributed by atoms with Crippen molar-refractivity contribution in [2.45, 2.75) is 167 Å². The summed E-state index contributed by atoms with van der Waals surface area (Å²) in [6, 6.07) is 0. The zero-order chi connectivity index (χ0) is 27.8. The molecule has 0 radical (unpaired) electrons. The van der Waals surface area contributed by atoms with E-state index >= 15 is 0 Å². The van der Waals surface area contributed by atoms with Gasteiger partial charge in [-0.1, -0.05) is 122 Å². The van der Waals surface area contributed by atoms with Gasteiger partial charge < -0.3 is 14.6 Å². The fourth-order valence-electron chi connectivity index (χ4n) is 9.40. The largest absolute Gasteiger partial charge is 0.394 e. The lowest BCUT2D eigenvalue weighted by Gasteiger charge is -2.74. The summed E-state index contributed by atoms with van der Waals surface area (Å²) in [6.07, 6.45) is 33.7. The lowest BCUT2D eigenvalue weighted by atomic mass is 9.30. The second-order valence-electron chi connectivity index (χ2n) is 14.6. The predicted molar refractivity (Wildman–Crippen MR) is 169 cm³/mol. The SMILES string of the molecule is CCCCCCCCCCCCCCOC[C@H](CO)OCCCCCCCCC1CCC2C(C1)C1C3CCC3C21. The van der Waals surface area contributed by atoms with Gasteiger partial charge in [0.15, 0.2) is 0 Å². The van der Waals surface area contributed by atoms with Gasteiger partial charge in [-0.2, -0.15) is 0 Å². The van der Waals surface area contributed by atoms with Crippen LogP contribution in [-0.2, 0) is 9.47 Å². The van der Waals surface area contributed by atoms with E-state index < -0.39 is 0 Å². The third-order valence-electron chi connectivity index (χ3n) is 11.9. The lowest BCUT2D eigenvalue weighted by Crippen LogP contribution is -2.69. The summed E-state index contributed by atoms with van der Waals surface area (Å²) in [5.74, 6) is 8.19. The van der Waals surface area contributed by atoms with Crippen LogP contribution in [0.4, 0.5) is 0 Å². The van der Waals surface area contributed by atoms with Gasteiger partial charge in [-0.15, -0.1) is 0 Å². The van der Waals surface area contributed by atoms with Crippen LogP contribution in [-0.4, -0.2) is 37.6 Å². The van der Waals surface area contributed by atoms with Gasteiger partial charge in [-0.3, -0.25) is 0 Å². The first-order valence-corrected chi connectivity index (χ1v) is 18.6. The van der Waals surface area contributed by atoms with Crippen molar-refractivity contribution >= 4 is 0 Å². The summed E-state index contributed by atoms with van der Waals surface area (Å²) in [7, 11) is 0. The smallest absolute Gasteiger partial charge is 0.104 e. The third-order valence-corrected chi connectivity index (χ3v) is 11.9. The minimum absolute atomic E-state index is 0.0733. The zero-order valence-corrected chi connectivity index (χ0v) is 26.7. The Kier molecular flexibility index (Phi) is 15.8. The molecule has 0 spiro atoms. The molecule has 0 amide bonds. The fourth-order valence-corrected chi connectivity index (χ4v) is 9.40. The molecule has 4 aliphatic rings. The van der Waals surface area contributed by atoms with Crippen LogP contribution in [0.1, 0.15) is 161 Å². The average molecular weight is 561 g/mol. The molecule has 40 heavy (non-hydrogen) atoms. The summed E-state index contributed by atoms with van der Waals surface area (Å²) in [6.45, 7) is 4.48. The molecule has 0 aromatic carbocycles. The van der Waals surface area contributed by atoms with Crippen LogP contribution in [0.5, 0.6) is 0 Å². The molecule has 0 aromatic heterocycles. The maximum Gasteiger partial charge on any atom is 0.104 e. The van der Waals surface area contributed by atoms with Crippen LogP contribution in [0.25, 0.3) is 0 Å². The Labute approximate surface area is 249 Å². The number of rotatable bonds is 26. The van der Waals surface area contributed by atoms with E-state index in [0.717, 1.165) is 37.9 Å². The molecule has 8 atom stereocenters. The van der Waals surface area contributed by atoms with E-state index in [9.17, 15) is 5.11 Å². The highest BCUT2D eigenvalue weighted by atomic mass is 16.5. The second kappa shape index (κ2) is 19.2. The highest BCUT2D eigenvalue weighted by Gasteiger charge is 2.68. The van der Waals surface area contributed by atoms with E-state index in [0.29, 0.717) is 6.61 Å². The van der Waals surface area contributed by atoms with E-state index in [1.54, 1.807) is 32.1 Å². The van der Waals surface area contributed by atoms with Crippen LogP contribution in [0.2, 0.25) is 0 Å². The van der Waals surface area contributed by atoms with Crippen molar-refractivity contribution in [3.63, 3.8) is 0 Å². The molecule has 4 aliphatic carbocycles. The van der Waals surface area contributed by atoms with Gasteiger partial charge in [0.2, 0.25) is 0 Å². The molecule has 0 aliphatic heterocycles. The molecule has 0 aromatic rings. The van der Waals surface area contributed by atoms with Crippen molar-refractivity contribution in [1.29, 1.82) is 0 Å². The molecule has 3 nitrogen and oxygen atoms in total. The van der Waals surface area contributed by atoms with Gasteiger partial charge in [-0.25, -0.2) is 0 Å². The normalized spacial score (nSPS) is 30.9. The number of ether oxygens (including phenoxy) is 2. The maximum atomic E-state index is 9.62. The number of hydrogen-bond donors (Lipinski definition) is 1. The van der Waals surface area contributed by atoms with E-state index in [1.807, 2.05) is 0 Å². The van der Waals surface area contributed by atoms with Gasteiger partial charge in [0.1, 0.15) is 6.10 Å². The Morgan fingerprint density at radius 2 is 1.07 bits per heavy atom. The molecule has 234 valence electrons. The van der Waals surface area contributed by atoms with E-state index in [-0.39, 0.29) is 12.7 Å². The second-order valence-corrected chi connectivity index (χ2v) is 14.6. The standard InChI is InChI=1S/C37H68O3/c1-2-3-4-5-6-7-8-9-10-12-15-18-25-39-29-31(28-38)40-26-19-16-13-11-14-17-20-30-21-22-34-35(27-30)37-33-24-23-32(33)36(34)37/h30-38H,2-29H2,1H3/t30?,31-,32?,33?,34?,35?,36?,37?/m0/s1. The highest BCUT2D eigenvalue weighted by molar-refractivity contribution is 5.16. The van der Waals surface area contributed by atoms with Gasteiger partial charge >= 0.3 is 0 Å². The Morgan fingerprint density at radius 3 is 1.68 bits per heavy atom. The topological polar surface area (TPSA) is 38.7 Å². The van der Waals surface area contributed by atoms with Crippen LogP contribution in [0, 0.1) is 41.4 Å². The maximum absolute atomic E-state index is 9.62. The first-order valence-electron chi connectivity index (χ1n) is 18.6. The number of aliphatic hydroxyl groups is 1. The molecule has 4 rings (SSSR count). The van der Waals surface area contributed by atoms with Crippen molar-refractivity contribution in [1.82, 2.24) is 0 Å². The van der Waals surface area contributed by atoms with Gasteiger partial charge in [-0.05, 0) is 80.0 Å². The van der Waals surface area contributed by atoms with Crippen molar-refractivity contribution in [3.05, 3.63) is 0 Å². The molecule has 7 unspecified atom stereocenters. The first kappa shape index (κ1) is 32.8. The fraction of sp³-hybridized carbons (Fsp3) is 1.00. The van der Waals surface area contributed by atoms with E-state index in [1.165, 1.54) is 139 Å². The minimum atomic E-state index is -0.145. The summed E-state index contributed by atoms with van der Waals surface area (Å²) in [5.41, 5.74) is 0. The number of fused-ring (bicyclic) bond motifs is 7. The quantitative estimate of drug-likeness (QED) is 0.107. The van der Waals surface area contributed by atoms with E-state index in [2.05, 4.69) is 6.92 Å². The molecular weight excluding hydrogens is 492 g/mol. The molecule has 0 saturated heterocycles. The number of hydrogen-bond acceptors (Lipinski definition) is 3. The van der Waals surface area contributed by atoms with Crippen LogP contribution < -0.4 is 0 Å². The van der Waals surface area contributed by atoms with Gasteiger partial charge in [0.05, 0.1) is 13.2 Å². The molecule has 1 N–H and O–H groups in total. The monoisotopic (exact) mass is 561 g/mol. The Bertz CT molecular complexity index is 631. The van der Waals surface area contributed by atoms with Crippen LogP contribution >= 0.6 is 0 Å². The van der Waals surface area contributed by atoms with E-state index in [4.69, 9.17) is 9.47 Å². The number of aliphatic hydroxyl groups excluding tert-OH is 1. The van der Waals surface area contributed by atoms with Gasteiger partial charge in [0, 0.05) is 13.2 Å². The predicted octanol–water partition coefficient (Wildman–Crippen LogP) is 10.1. The minimum Gasteiger partial charge on any atom is -0.394 e. The Morgan fingerprint density at radius 1 is 0.575 bits per heavy atom. The molecule has 0 bridgehead atoms. The Hall–Kier alpha value is -0.120. The zero-order valence-electron chi connectivity index (χ0n) is 26.7. The molecule has 4 fully saturated rings. The van der Waals surface area contributed by atoms with Gasteiger partial charge in [0.25, 0.3) is 0 Å². The summed E-state index contributed by atoms with van der Waals surface area (Å²) < 4.78 is 11.7. The van der Waals surface area contributed by atoms with Crippen LogP contribution in [0.3, 0.4) is 0 Å². The lowest BCUT2D eigenvalue weighted by molar-refractivity contribution is -0.264.